The summed E-state index contributed by atoms with van der Waals surface area (Å²) in [5.74, 6) is -0.0835. The van der Waals surface area contributed by atoms with Gasteiger partial charge >= 0.3 is 11.9 Å². The van der Waals surface area contributed by atoms with Gasteiger partial charge < -0.3 is 32.2 Å². The SMILES string of the molecule is C[C@H](N)CCCc1cc(-c2cc3cn(-c4ccc([C@H](CCO)NCCCNC(=N)N)cc4)c(=O)nc3[nH]2)cc(C(F)(F)F)c1. The molecule has 0 saturated heterocycles. The third-order valence-corrected chi connectivity index (χ3v) is 7.32. The summed E-state index contributed by atoms with van der Waals surface area (Å²) in [5.41, 5.74) is 12.9. The Balaban J connectivity index is 1.58. The number of guanidine groups is 1. The Hall–Kier alpha value is -4.20. The summed E-state index contributed by atoms with van der Waals surface area (Å²) in [6.45, 7) is 3.05. The lowest BCUT2D eigenvalue weighted by Crippen LogP contribution is -2.33. The van der Waals surface area contributed by atoms with E-state index in [2.05, 4.69) is 20.6 Å². The highest BCUT2D eigenvalue weighted by molar-refractivity contribution is 5.82. The number of hydrogen-bond acceptors (Lipinski definition) is 6. The van der Waals surface area contributed by atoms with Crippen molar-refractivity contribution < 1.29 is 18.3 Å². The van der Waals surface area contributed by atoms with Gasteiger partial charge in [0, 0.05) is 42.5 Å². The van der Waals surface area contributed by atoms with Gasteiger partial charge in [0.05, 0.1) is 11.3 Å². The molecule has 0 amide bonds. The first kappa shape index (κ1) is 32.7. The Morgan fingerprint density at radius 1 is 1.11 bits per heavy atom. The van der Waals surface area contributed by atoms with Crippen molar-refractivity contribution in [3.05, 3.63) is 81.9 Å². The van der Waals surface area contributed by atoms with Crippen LogP contribution in [-0.2, 0) is 12.6 Å². The molecule has 44 heavy (non-hydrogen) atoms. The highest BCUT2D eigenvalue weighted by atomic mass is 19.4. The summed E-state index contributed by atoms with van der Waals surface area (Å²) < 4.78 is 42.6. The van der Waals surface area contributed by atoms with Gasteiger partial charge in [-0.3, -0.25) is 9.98 Å². The van der Waals surface area contributed by atoms with Crippen molar-refractivity contribution in [1.29, 1.82) is 5.41 Å². The normalized spacial score (nSPS) is 13.2. The van der Waals surface area contributed by atoms with Crippen LogP contribution in [0.3, 0.4) is 0 Å². The Bertz CT molecular complexity index is 1610. The average Bonchev–Trinajstić information content (AvgIpc) is 3.38. The molecule has 0 aliphatic heterocycles. The summed E-state index contributed by atoms with van der Waals surface area (Å²) in [5, 5.41) is 23.5. The molecule has 4 rings (SSSR count). The van der Waals surface area contributed by atoms with Crippen LogP contribution < -0.4 is 27.8 Å². The number of alkyl halides is 3. The third kappa shape index (κ3) is 8.68. The number of fused-ring (bicyclic) bond motifs is 1. The summed E-state index contributed by atoms with van der Waals surface area (Å²) in [6, 6.07) is 12.8. The maximum absolute atomic E-state index is 13.7. The van der Waals surface area contributed by atoms with Crippen LogP contribution in [-0.4, -0.2) is 51.3 Å². The smallest absolute Gasteiger partial charge is 0.396 e. The number of nitrogens with one attached hydrogen (secondary N) is 4. The lowest BCUT2D eigenvalue weighted by Gasteiger charge is -2.19. The first-order chi connectivity index (χ1) is 20.9. The Labute approximate surface area is 253 Å². The molecule has 2 atom stereocenters. The van der Waals surface area contributed by atoms with Crippen molar-refractivity contribution in [3.8, 4) is 16.9 Å². The van der Waals surface area contributed by atoms with Gasteiger partial charge in [0.1, 0.15) is 5.65 Å². The number of H-pyrrole nitrogens is 1. The molecule has 10 nitrogen and oxygen atoms in total. The van der Waals surface area contributed by atoms with Gasteiger partial charge in [-0.15, -0.1) is 0 Å². The van der Waals surface area contributed by atoms with Crippen LogP contribution in [0.4, 0.5) is 13.2 Å². The summed E-state index contributed by atoms with van der Waals surface area (Å²) in [4.78, 5) is 20.1. The van der Waals surface area contributed by atoms with Crippen molar-refractivity contribution in [2.45, 2.75) is 57.3 Å². The van der Waals surface area contributed by atoms with Crippen LogP contribution >= 0.6 is 0 Å². The molecule has 2 aromatic heterocycles. The largest absolute Gasteiger partial charge is 0.416 e. The fourth-order valence-electron chi connectivity index (χ4n) is 5.09. The van der Waals surface area contributed by atoms with E-state index in [1.165, 1.54) is 10.6 Å². The molecule has 0 fully saturated rings. The lowest BCUT2D eigenvalue weighted by atomic mass is 9.99. The van der Waals surface area contributed by atoms with Crippen molar-refractivity contribution in [2.75, 3.05) is 19.7 Å². The van der Waals surface area contributed by atoms with Gasteiger partial charge in [0.2, 0.25) is 0 Å². The summed E-state index contributed by atoms with van der Waals surface area (Å²) in [6.07, 6.45) is 0.156. The van der Waals surface area contributed by atoms with Crippen LogP contribution in [0.1, 0.15) is 55.3 Å². The number of benzene rings is 2. The van der Waals surface area contributed by atoms with Gasteiger partial charge in [0.15, 0.2) is 5.96 Å². The molecule has 0 aliphatic carbocycles. The highest BCUT2D eigenvalue weighted by Crippen LogP contribution is 2.34. The number of aryl methyl sites for hydroxylation is 1. The molecule has 0 aliphatic rings. The van der Waals surface area contributed by atoms with Crippen LogP contribution in [0.5, 0.6) is 0 Å². The molecule has 0 spiro atoms. The van der Waals surface area contributed by atoms with Crippen LogP contribution in [0.15, 0.2) is 59.5 Å². The topological polar surface area (TPSA) is 171 Å². The molecular formula is C31H39F3N8O2. The minimum atomic E-state index is -4.51. The maximum atomic E-state index is 13.7. The van der Waals surface area contributed by atoms with E-state index in [1.54, 1.807) is 30.5 Å². The first-order valence-corrected chi connectivity index (χ1v) is 14.6. The maximum Gasteiger partial charge on any atom is 0.416 e. The lowest BCUT2D eigenvalue weighted by molar-refractivity contribution is -0.137. The number of aromatic nitrogens is 3. The van der Waals surface area contributed by atoms with E-state index in [-0.39, 0.29) is 30.3 Å². The monoisotopic (exact) mass is 612 g/mol. The predicted molar refractivity (Wildman–Crippen MR) is 166 cm³/mol. The molecule has 0 bridgehead atoms. The van der Waals surface area contributed by atoms with E-state index in [9.17, 15) is 23.1 Å². The number of nitrogens with two attached hydrogens (primary N) is 2. The quantitative estimate of drug-likeness (QED) is 0.0642. The average molecular weight is 613 g/mol. The van der Waals surface area contributed by atoms with E-state index in [0.29, 0.717) is 66.7 Å². The Morgan fingerprint density at radius 2 is 1.86 bits per heavy atom. The fraction of sp³-hybridized carbons (Fsp3) is 0.387. The van der Waals surface area contributed by atoms with E-state index < -0.39 is 17.4 Å². The van der Waals surface area contributed by atoms with E-state index in [1.807, 2.05) is 19.1 Å². The molecule has 9 N–H and O–H groups in total. The zero-order valence-corrected chi connectivity index (χ0v) is 24.5. The molecule has 2 heterocycles. The second kappa shape index (κ2) is 14.5. The van der Waals surface area contributed by atoms with Gasteiger partial charge in [-0.2, -0.15) is 18.2 Å². The highest BCUT2D eigenvalue weighted by Gasteiger charge is 2.31. The second-order valence-corrected chi connectivity index (χ2v) is 11.0. The van der Waals surface area contributed by atoms with Crippen LogP contribution in [0, 0.1) is 5.41 Å². The fourth-order valence-corrected chi connectivity index (χ4v) is 5.09. The van der Waals surface area contributed by atoms with Crippen molar-refractivity contribution in [1.82, 2.24) is 25.2 Å². The third-order valence-electron chi connectivity index (χ3n) is 7.32. The number of halogens is 3. The van der Waals surface area contributed by atoms with Gasteiger partial charge in [-0.05, 0) is 98.7 Å². The molecule has 236 valence electrons. The number of hydrogen-bond donors (Lipinski definition) is 7. The minimum Gasteiger partial charge on any atom is -0.396 e. The summed E-state index contributed by atoms with van der Waals surface area (Å²) >= 11 is 0. The number of aromatic amines is 1. The molecular weight excluding hydrogens is 573 g/mol. The van der Waals surface area contributed by atoms with E-state index >= 15 is 0 Å². The number of aliphatic hydroxyl groups excluding tert-OH is 1. The Morgan fingerprint density at radius 3 is 2.52 bits per heavy atom. The van der Waals surface area contributed by atoms with E-state index in [0.717, 1.165) is 18.1 Å². The minimum absolute atomic E-state index is 0.0126. The number of nitrogens with zero attached hydrogens (tertiary/aromatic N) is 2. The molecule has 0 unspecified atom stereocenters. The zero-order chi connectivity index (χ0) is 31.9. The van der Waals surface area contributed by atoms with Crippen molar-refractivity contribution in [2.24, 2.45) is 11.5 Å². The van der Waals surface area contributed by atoms with Crippen molar-refractivity contribution >= 4 is 17.0 Å². The van der Waals surface area contributed by atoms with Crippen LogP contribution in [0.25, 0.3) is 28.0 Å². The first-order valence-electron chi connectivity index (χ1n) is 14.6. The molecule has 0 radical (unpaired) electrons. The van der Waals surface area contributed by atoms with E-state index in [4.69, 9.17) is 16.9 Å². The van der Waals surface area contributed by atoms with Crippen LogP contribution in [0.2, 0.25) is 0 Å². The second-order valence-electron chi connectivity index (χ2n) is 11.0. The Kier molecular flexibility index (Phi) is 10.8. The van der Waals surface area contributed by atoms with Gasteiger partial charge in [0.25, 0.3) is 0 Å². The number of aliphatic hydroxyl groups is 1. The summed E-state index contributed by atoms with van der Waals surface area (Å²) in [7, 11) is 0. The predicted octanol–water partition coefficient (Wildman–Crippen LogP) is 3.96. The van der Waals surface area contributed by atoms with Gasteiger partial charge in [-0.25, -0.2) is 4.79 Å². The molecule has 2 aromatic carbocycles. The van der Waals surface area contributed by atoms with Crippen molar-refractivity contribution in [3.63, 3.8) is 0 Å². The molecule has 4 aromatic rings. The zero-order valence-electron chi connectivity index (χ0n) is 24.5. The molecule has 13 heteroatoms. The number of rotatable bonds is 14. The van der Waals surface area contributed by atoms with Gasteiger partial charge in [-0.1, -0.05) is 12.1 Å². The standard InChI is InChI=1S/C31H39F3N8O2/c1-19(35)4-2-5-20-14-22(16-24(15-20)31(32,33)34)27-17-23-18-42(30(44)41-28(23)40-27)25-8-6-21(7-9-25)26(10-13-43)38-11-3-12-39-29(36)37/h6-9,14-19,26,38,43H,2-5,10-13,35H2,1H3,(H4,36,37,39)(H,40,41,44)/t19-,26-/m0/s1. The molecule has 0 saturated carbocycles.